The number of aromatic nitrogens is 25. The van der Waals surface area contributed by atoms with Crippen LogP contribution in [0.4, 0.5) is 23.8 Å². The first kappa shape index (κ1) is 91.5. The molecule has 8 N–H and O–H groups in total. The summed E-state index contributed by atoms with van der Waals surface area (Å²) in [5, 5.41) is 7.44. The molecule has 122 heavy (non-hydrogen) atoms. The molecule has 0 saturated heterocycles. The fourth-order valence-electron chi connectivity index (χ4n) is 11.9. The molecule has 0 aliphatic carbocycles. The summed E-state index contributed by atoms with van der Waals surface area (Å²) < 4.78 is 12.6. The zero-order chi connectivity index (χ0) is 85.7. The number of nitrogens with two attached hydrogens (primary N) is 4. The number of nitrogens with zero attached hydrogens (tertiary/aromatic N) is 25. The molecule has 0 fully saturated rings. The fraction of sp³-hybridized carbons (Fsp3) is 0.103. The lowest BCUT2D eigenvalue weighted by Crippen LogP contribution is -2.37. The van der Waals surface area contributed by atoms with Crippen molar-refractivity contribution in [3.8, 4) is 33.8 Å². The highest BCUT2D eigenvalue weighted by atomic mass is 127. The van der Waals surface area contributed by atoms with Crippen LogP contribution in [0.3, 0.4) is 0 Å². The van der Waals surface area contributed by atoms with E-state index in [1.54, 1.807) is 134 Å². The third kappa shape index (κ3) is 21.4. The van der Waals surface area contributed by atoms with Crippen LogP contribution in [0.2, 0.25) is 15.5 Å². The van der Waals surface area contributed by atoms with Crippen molar-refractivity contribution >= 4 is 237 Å². The molecule has 0 bridgehead atoms. The molecule has 18 aromatic heterocycles. The number of hydrogen-bond acceptors (Lipinski definition) is 35. The van der Waals surface area contributed by atoms with Crippen molar-refractivity contribution < 1.29 is 14.3 Å². The number of ether oxygens (including phenoxy) is 1. The molecule has 0 aliphatic heterocycles. The van der Waals surface area contributed by atoms with Gasteiger partial charge in [-0.3, -0.25) is 22.8 Å². The summed E-state index contributed by atoms with van der Waals surface area (Å²) >= 11 is 33.7. The van der Waals surface area contributed by atoms with Gasteiger partial charge < -0.3 is 27.7 Å². The zero-order valence-corrected chi connectivity index (χ0v) is 75.6. The SMILES string of the molecule is CSc1nccc(-c2c3cccnc3n3c(SC)nccc23)n1.CSc1nccc(C(OC(C)=O)(c2ccnc(SC)n2)c2cccnc2Cl)n1.CSc1nccc(Cl)n1.CSc1nccc(I)n1.Cl.Nc1nccc(-c2c3cccnc3n3c(N)nccc23)n1.Nc1nccc(-c2c3cccnc3n3c(N)nccc23)n1.O=C(Cl)c1cccnc1Cl. The van der Waals surface area contributed by atoms with E-state index in [1.165, 1.54) is 66.2 Å². The van der Waals surface area contributed by atoms with Crippen LogP contribution < -0.4 is 22.9 Å². The first-order valence-electron chi connectivity index (χ1n) is 35.0. The number of esters is 1. The van der Waals surface area contributed by atoms with Crippen LogP contribution in [0.25, 0.3) is 83.4 Å². The molecule has 18 heterocycles. The number of rotatable bonds is 14. The smallest absolute Gasteiger partial charge is 0.304 e. The Morgan fingerprint density at radius 3 is 1.17 bits per heavy atom. The molecule has 0 radical (unpaired) electrons. The minimum atomic E-state index is -1.50. The van der Waals surface area contributed by atoms with Gasteiger partial charge in [0.2, 0.25) is 29.4 Å². The Hall–Kier alpha value is -11.2. The van der Waals surface area contributed by atoms with Gasteiger partial charge >= 0.3 is 5.97 Å². The number of anilines is 4. The Kier molecular flexibility index (Phi) is 32.6. The van der Waals surface area contributed by atoms with Gasteiger partial charge in [0.05, 0.1) is 50.6 Å². The van der Waals surface area contributed by atoms with Crippen LogP contribution in [0.5, 0.6) is 0 Å². The molecule has 0 atom stereocenters. The van der Waals surface area contributed by atoms with Gasteiger partial charge in [-0.15, -0.1) is 12.4 Å². The van der Waals surface area contributed by atoms with Gasteiger partial charge in [0.25, 0.3) is 5.24 Å². The van der Waals surface area contributed by atoms with E-state index in [9.17, 15) is 9.59 Å². The largest absolute Gasteiger partial charge is 0.441 e. The van der Waals surface area contributed by atoms with Crippen molar-refractivity contribution in [1.82, 2.24) is 123 Å². The van der Waals surface area contributed by atoms with Crippen molar-refractivity contribution in [2.24, 2.45) is 0 Å². The van der Waals surface area contributed by atoms with Crippen molar-refractivity contribution in [2.75, 3.05) is 60.5 Å². The number of pyridine rings is 5. The molecular weight excluding hydrogens is 1890 g/mol. The molecule has 0 aliphatic rings. The first-order valence-corrected chi connectivity index (χ1v) is 44.9. The van der Waals surface area contributed by atoms with Gasteiger partial charge in [-0.05, 0) is 193 Å². The van der Waals surface area contributed by atoms with Gasteiger partial charge in [-0.1, -0.05) is 105 Å². The Morgan fingerprint density at radius 2 is 0.762 bits per heavy atom. The number of halogens is 6. The molecule has 18 rings (SSSR count). The average molecular weight is 1950 g/mol. The minimum Gasteiger partial charge on any atom is -0.441 e. The summed E-state index contributed by atoms with van der Waals surface area (Å²) in [5.74, 6) is 0.694. The van der Waals surface area contributed by atoms with E-state index in [2.05, 4.69) is 143 Å². The lowest BCUT2D eigenvalue weighted by Gasteiger charge is -2.33. The molecule has 0 saturated carbocycles. The van der Waals surface area contributed by atoms with Crippen LogP contribution in [0, 0.1) is 3.70 Å². The minimum absolute atomic E-state index is 0. The van der Waals surface area contributed by atoms with Crippen molar-refractivity contribution in [2.45, 2.75) is 43.5 Å². The number of fused-ring (bicyclic) bond motifs is 9. The summed E-state index contributed by atoms with van der Waals surface area (Å²) in [5.41, 5.74) is 33.9. The molecule has 18 aromatic rings. The predicted molar refractivity (Wildman–Crippen MR) is 496 cm³/mol. The molecule has 618 valence electrons. The fourth-order valence-corrected chi connectivity index (χ4v) is 15.6. The second kappa shape index (κ2) is 43.5. The molecular formula is C78H65Cl5IN29O3S6. The van der Waals surface area contributed by atoms with E-state index in [1.807, 2.05) is 132 Å². The molecule has 44 heteroatoms. The Labute approximate surface area is 760 Å². The maximum Gasteiger partial charge on any atom is 0.304 e. The number of nitrogen functional groups attached to an aromatic ring is 4. The Balaban J connectivity index is 0.000000144. The van der Waals surface area contributed by atoms with Gasteiger partial charge in [0.1, 0.15) is 36.1 Å². The van der Waals surface area contributed by atoms with Crippen LogP contribution in [-0.4, -0.2) is 172 Å². The highest BCUT2D eigenvalue weighted by molar-refractivity contribution is 14.1. The van der Waals surface area contributed by atoms with E-state index in [-0.39, 0.29) is 40.2 Å². The highest BCUT2D eigenvalue weighted by Crippen LogP contribution is 2.43. The van der Waals surface area contributed by atoms with Crippen molar-refractivity contribution in [1.29, 1.82) is 0 Å². The van der Waals surface area contributed by atoms with Gasteiger partial charge in [0, 0.05) is 138 Å². The number of thioether (sulfide) groups is 6. The van der Waals surface area contributed by atoms with E-state index in [4.69, 9.17) is 74.1 Å². The van der Waals surface area contributed by atoms with Crippen molar-refractivity contribution in [3.63, 3.8) is 0 Å². The summed E-state index contributed by atoms with van der Waals surface area (Å²) in [6, 6.07) is 36.5. The topological polar surface area (TPSA) is 444 Å². The summed E-state index contributed by atoms with van der Waals surface area (Å²) in [6.45, 7) is 1.33. The Bertz CT molecular complexity index is 6480. The van der Waals surface area contributed by atoms with Crippen LogP contribution in [-0.2, 0) is 15.1 Å². The third-order valence-corrected chi connectivity index (χ3v) is 21.8. The van der Waals surface area contributed by atoms with E-state index in [0.717, 1.165) is 103 Å². The highest BCUT2D eigenvalue weighted by Gasteiger charge is 2.46. The van der Waals surface area contributed by atoms with E-state index < -0.39 is 16.8 Å². The maximum absolute atomic E-state index is 12.2. The first-order chi connectivity index (χ1) is 58.7. The number of carbonyl (C=O) groups excluding carboxylic acids is 2. The second-order valence-electron chi connectivity index (χ2n) is 23.8. The standard InChI is InChI=1S/C18H16ClN5O2S2.C16H13N5S2.2C14H11N7.C6H3Cl2NO.C5H5ClN2S.C5H5IN2S.ClH/c1-11(25)26-18(12-5-4-8-20-15(12)19,13-6-9-21-16(23-13)27-2)14-7-10-22-17(24-14)28-3;1-22-15-18-8-5-11(20-15)13-10-4-3-7-17-14(10)21-12(13)6-9-19-16(21)23-2;2*15-13-18-6-3-9(20-13)11-8-2-1-5-17-12(8)21-10(11)4-7-19-14(21)16;7-5-4(6(8)10)2-1-3-9-5;2*1-9-5-7-3-2-4(6)8-5;/h4-10H,1-3H3;3-9H,1-2H3;2*1-7H,(H2,16,19)(H2,15,18,20);1-3H;2*2-3H,1H3;1H. The number of hydrogen-bond donors (Lipinski definition) is 4. The third-order valence-electron chi connectivity index (χ3n) is 16.7. The van der Waals surface area contributed by atoms with Crippen LogP contribution in [0.15, 0.2) is 245 Å². The second-order valence-corrected chi connectivity index (χ2v) is 31.0. The quantitative estimate of drug-likeness (QED) is 0.0149. The van der Waals surface area contributed by atoms with Crippen LogP contribution in [0.1, 0.15) is 34.2 Å². The molecule has 0 spiro atoms. The van der Waals surface area contributed by atoms with Crippen molar-refractivity contribution in [3.05, 3.63) is 256 Å². The molecule has 0 unspecified atom stereocenters. The maximum atomic E-state index is 12.2. The zero-order valence-electron chi connectivity index (χ0n) is 64.7. The average Bonchev–Trinajstić information content (AvgIpc) is 1.71. The number of carbonyl (C=O) groups is 2. The van der Waals surface area contributed by atoms with E-state index in [0.29, 0.717) is 49.5 Å². The summed E-state index contributed by atoms with van der Waals surface area (Å²) in [7, 11) is 0. The monoisotopic (exact) mass is 1950 g/mol. The Morgan fingerprint density at radius 1 is 0.385 bits per heavy atom. The van der Waals surface area contributed by atoms with Gasteiger partial charge in [-0.2, -0.15) is 0 Å². The van der Waals surface area contributed by atoms with Gasteiger partial charge in [-0.25, -0.2) is 110 Å². The van der Waals surface area contributed by atoms with E-state index >= 15 is 0 Å². The van der Waals surface area contributed by atoms with Gasteiger partial charge in [0.15, 0.2) is 30.9 Å². The molecule has 32 nitrogen and oxygen atoms in total. The lowest BCUT2D eigenvalue weighted by atomic mass is 9.87. The molecule has 0 aromatic carbocycles. The summed E-state index contributed by atoms with van der Waals surface area (Å²) in [6.07, 6.45) is 36.7. The molecule has 0 amide bonds. The predicted octanol–water partition coefficient (Wildman–Crippen LogP) is 16.6. The summed E-state index contributed by atoms with van der Waals surface area (Å²) in [4.78, 5) is 116. The van der Waals surface area contributed by atoms with Crippen LogP contribution >= 0.6 is 152 Å². The lowest BCUT2D eigenvalue weighted by molar-refractivity contribution is -0.151. The normalized spacial score (nSPS) is 10.8.